The van der Waals surface area contributed by atoms with Crippen LogP contribution in [0.3, 0.4) is 0 Å². The number of rotatable bonds is 11. The predicted molar refractivity (Wildman–Crippen MR) is 146 cm³/mol. The highest BCUT2D eigenvalue weighted by atomic mass is 16.5. The predicted octanol–water partition coefficient (Wildman–Crippen LogP) is 2.61. The van der Waals surface area contributed by atoms with Crippen LogP contribution in [-0.4, -0.2) is 60.0 Å². The Balaban J connectivity index is 1.82. The van der Waals surface area contributed by atoms with Crippen LogP contribution < -0.4 is 26.0 Å². The van der Waals surface area contributed by atoms with E-state index in [1.54, 1.807) is 13.2 Å². The zero-order chi connectivity index (χ0) is 28.0. The van der Waals surface area contributed by atoms with Crippen molar-refractivity contribution in [2.24, 2.45) is 11.8 Å². The second-order valence-corrected chi connectivity index (χ2v) is 11.4. The number of hydrogen-bond donors (Lipinski definition) is 5. The normalized spacial score (nSPS) is 17.9. The lowest BCUT2D eigenvalue weighted by Gasteiger charge is -2.32. The number of nitrogens with one attached hydrogen (secondary N) is 5. The molecule has 1 aromatic heterocycles. The lowest BCUT2D eigenvalue weighted by atomic mass is 9.92. The number of benzene rings is 1. The molecule has 10 nitrogen and oxygen atoms in total. The Morgan fingerprint density at radius 2 is 1.97 bits per heavy atom. The molecule has 1 aliphatic rings. The average molecular weight is 525 g/mol. The number of hydrogen-bond acceptors (Lipinski definition) is 6. The third-order valence-electron chi connectivity index (χ3n) is 6.58. The van der Waals surface area contributed by atoms with Crippen LogP contribution in [0.4, 0.5) is 0 Å². The zero-order valence-electron chi connectivity index (χ0n) is 23.1. The van der Waals surface area contributed by atoms with Crippen LogP contribution in [0.2, 0.25) is 0 Å². The summed E-state index contributed by atoms with van der Waals surface area (Å²) in [5.41, 5.74) is 0.678. The van der Waals surface area contributed by atoms with Crippen LogP contribution in [-0.2, 0) is 9.59 Å². The van der Waals surface area contributed by atoms with Gasteiger partial charge in [-0.2, -0.15) is 5.26 Å². The van der Waals surface area contributed by atoms with E-state index in [-0.39, 0.29) is 29.2 Å². The van der Waals surface area contributed by atoms with Gasteiger partial charge in [-0.25, -0.2) is 0 Å². The van der Waals surface area contributed by atoms with Gasteiger partial charge in [0.25, 0.3) is 5.91 Å². The Kier molecular flexibility index (Phi) is 9.39. The van der Waals surface area contributed by atoms with Crippen molar-refractivity contribution in [2.75, 3.05) is 13.7 Å². The van der Waals surface area contributed by atoms with Crippen molar-refractivity contribution in [2.45, 2.75) is 77.5 Å². The van der Waals surface area contributed by atoms with Gasteiger partial charge in [0.2, 0.25) is 11.8 Å². The molecule has 1 saturated heterocycles. The molecule has 3 rings (SSSR count). The van der Waals surface area contributed by atoms with Gasteiger partial charge in [0.1, 0.15) is 23.5 Å². The van der Waals surface area contributed by atoms with Crippen molar-refractivity contribution in [3.63, 3.8) is 0 Å². The monoisotopic (exact) mass is 524 g/mol. The maximum absolute atomic E-state index is 13.6. The molecule has 0 radical (unpaired) electrons. The molecule has 0 spiro atoms. The van der Waals surface area contributed by atoms with Crippen LogP contribution in [0.25, 0.3) is 10.9 Å². The molecule has 2 aromatic rings. The van der Waals surface area contributed by atoms with Gasteiger partial charge < -0.3 is 25.7 Å². The molecule has 2 heterocycles. The lowest BCUT2D eigenvalue weighted by molar-refractivity contribution is -0.126. The fourth-order valence-corrected chi connectivity index (χ4v) is 4.79. The van der Waals surface area contributed by atoms with E-state index in [0.717, 1.165) is 10.9 Å². The molecular weight excluding hydrogens is 484 g/mol. The first-order chi connectivity index (χ1) is 17.9. The molecule has 38 heavy (non-hydrogen) atoms. The van der Waals surface area contributed by atoms with Crippen LogP contribution >= 0.6 is 0 Å². The van der Waals surface area contributed by atoms with Crippen molar-refractivity contribution >= 4 is 28.6 Å². The van der Waals surface area contributed by atoms with Crippen LogP contribution in [0, 0.1) is 23.2 Å². The van der Waals surface area contributed by atoms with Crippen molar-refractivity contribution in [3.05, 3.63) is 30.0 Å². The molecule has 0 bridgehead atoms. The summed E-state index contributed by atoms with van der Waals surface area (Å²) in [5.74, 6) is -0.412. The fourth-order valence-electron chi connectivity index (χ4n) is 4.79. The van der Waals surface area contributed by atoms with Gasteiger partial charge in [-0.1, -0.05) is 19.9 Å². The van der Waals surface area contributed by atoms with Gasteiger partial charge >= 0.3 is 0 Å². The minimum Gasteiger partial charge on any atom is -0.496 e. The third-order valence-corrected chi connectivity index (χ3v) is 6.58. The first kappa shape index (κ1) is 29.0. The van der Waals surface area contributed by atoms with Gasteiger partial charge in [-0.15, -0.1) is 0 Å². The molecule has 3 amide bonds. The van der Waals surface area contributed by atoms with Gasteiger partial charge in [0, 0.05) is 28.9 Å². The summed E-state index contributed by atoms with van der Waals surface area (Å²) in [5, 5.41) is 22.7. The maximum atomic E-state index is 13.6. The summed E-state index contributed by atoms with van der Waals surface area (Å²) in [7, 11) is 1.57. The standard InChI is InChI=1S/C28H40N6O4/c1-16(2)12-21(33-27(37)22-14-18-19(31-22)8-7-9-24(18)38-6)26(36)32-20(13-17-10-11-30-25(17)35)23(15-29)34-28(3,4)5/h7-9,14,16-17,20-21,23,31,34H,10-13H2,1-6H3,(H,30,35)(H,32,36)(H,33,37). The Bertz CT molecular complexity index is 1190. The average Bonchev–Trinajstić information content (AvgIpc) is 3.46. The topological polar surface area (TPSA) is 148 Å². The number of carbonyl (C=O) groups is 3. The summed E-state index contributed by atoms with van der Waals surface area (Å²) in [6.45, 7) is 10.3. The van der Waals surface area contributed by atoms with E-state index < -0.39 is 24.0 Å². The van der Waals surface area contributed by atoms with E-state index in [2.05, 4.69) is 32.3 Å². The minimum absolute atomic E-state index is 0.0713. The van der Waals surface area contributed by atoms with Crippen molar-refractivity contribution in [1.82, 2.24) is 26.3 Å². The van der Waals surface area contributed by atoms with E-state index in [1.807, 2.05) is 52.8 Å². The highest BCUT2D eigenvalue weighted by Gasteiger charge is 2.35. The molecule has 10 heteroatoms. The molecule has 1 fully saturated rings. The van der Waals surface area contributed by atoms with Gasteiger partial charge in [-0.05, 0) is 64.2 Å². The summed E-state index contributed by atoms with van der Waals surface area (Å²) in [6.07, 6.45) is 1.37. The molecule has 1 aromatic carbocycles. The molecule has 5 N–H and O–H groups in total. The van der Waals surface area contributed by atoms with E-state index in [0.29, 0.717) is 37.3 Å². The van der Waals surface area contributed by atoms with E-state index in [9.17, 15) is 19.6 Å². The van der Waals surface area contributed by atoms with Gasteiger partial charge in [0.05, 0.1) is 19.2 Å². The number of aromatic nitrogens is 1. The zero-order valence-corrected chi connectivity index (χ0v) is 23.1. The number of nitrogens with zero attached hydrogens (tertiary/aromatic N) is 1. The van der Waals surface area contributed by atoms with Crippen LogP contribution in [0.1, 0.15) is 64.4 Å². The number of aromatic amines is 1. The van der Waals surface area contributed by atoms with Crippen molar-refractivity contribution < 1.29 is 19.1 Å². The third kappa shape index (κ3) is 7.48. The number of H-pyrrole nitrogens is 1. The van der Waals surface area contributed by atoms with Crippen molar-refractivity contribution in [3.8, 4) is 11.8 Å². The molecule has 0 aliphatic carbocycles. The summed E-state index contributed by atoms with van der Waals surface area (Å²) in [6, 6.07) is 7.29. The molecule has 4 unspecified atom stereocenters. The van der Waals surface area contributed by atoms with E-state index in [1.165, 1.54) is 0 Å². The SMILES string of the molecule is COc1cccc2[nH]c(C(=O)NC(CC(C)C)C(=O)NC(CC3CCNC3=O)C(C#N)NC(C)(C)C)cc12. The lowest BCUT2D eigenvalue weighted by Crippen LogP contribution is -2.58. The van der Waals surface area contributed by atoms with Crippen LogP contribution in [0.5, 0.6) is 5.75 Å². The molecule has 4 atom stereocenters. The number of amides is 3. The Morgan fingerprint density at radius 1 is 1.24 bits per heavy atom. The Labute approximate surface area is 224 Å². The van der Waals surface area contributed by atoms with Gasteiger partial charge in [0.15, 0.2) is 0 Å². The molecular formula is C28H40N6O4. The first-order valence-corrected chi connectivity index (χ1v) is 13.1. The number of carbonyl (C=O) groups excluding carboxylic acids is 3. The van der Waals surface area contributed by atoms with E-state index >= 15 is 0 Å². The molecule has 206 valence electrons. The Morgan fingerprint density at radius 3 is 2.55 bits per heavy atom. The largest absolute Gasteiger partial charge is 0.496 e. The highest BCUT2D eigenvalue weighted by Crippen LogP contribution is 2.26. The number of fused-ring (bicyclic) bond motifs is 1. The maximum Gasteiger partial charge on any atom is 0.268 e. The fraction of sp³-hybridized carbons (Fsp3) is 0.571. The summed E-state index contributed by atoms with van der Waals surface area (Å²) in [4.78, 5) is 42.2. The van der Waals surface area contributed by atoms with E-state index in [4.69, 9.17) is 4.74 Å². The number of nitriles is 1. The molecule has 1 aliphatic heterocycles. The highest BCUT2D eigenvalue weighted by molar-refractivity contribution is 6.01. The first-order valence-electron chi connectivity index (χ1n) is 13.1. The minimum atomic E-state index is -0.829. The summed E-state index contributed by atoms with van der Waals surface area (Å²) >= 11 is 0. The number of methoxy groups -OCH3 is 1. The number of ether oxygens (including phenoxy) is 1. The van der Waals surface area contributed by atoms with Gasteiger partial charge in [-0.3, -0.25) is 19.7 Å². The second-order valence-electron chi connectivity index (χ2n) is 11.4. The second kappa shape index (κ2) is 12.3. The van der Waals surface area contributed by atoms with Crippen molar-refractivity contribution in [1.29, 1.82) is 5.26 Å². The quantitative estimate of drug-likeness (QED) is 0.305. The smallest absolute Gasteiger partial charge is 0.268 e. The molecule has 0 saturated carbocycles. The Hall–Kier alpha value is -3.58. The summed E-state index contributed by atoms with van der Waals surface area (Å²) < 4.78 is 5.39. The van der Waals surface area contributed by atoms with Crippen LogP contribution in [0.15, 0.2) is 24.3 Å².